The van der Waals surface area contributed by atoms with Crippen LogP contribution in [0.4, 0.5) is 5.69 Å². The third-order valence-electron chi connectivity index (χ3n) is 2.59. The van der Waals surface area contributed by atoms with Crippen LogP contribution in [0.25, 0.3) is 0 Å². The van der Waals surface area contributed by atoms with Gasteiger partial charge in [-0.15, -0.1) is 0 Å². The van der Waals surface area contributed by atoms with Crippen molar-refractivity contribution in [2.75, 3.05) is 31.2 Å². The Hall–Kier alpha value is -0.770. The summed E-state index contributed by atoms with van der Waals surface area (Å²) < 4.78 is 5.20. The fourth-order valence-corrected chi connectivity index (χ4v) is 1.97. The van der Waals surface area contributed by atoms with Gasteiger partial charge >= 0.3 is 0 Å². The van der Waals surface area contributed by atoms with Gasteiger partial charge in [0.1, 0.15) is 0 Å². The summed E-state index contributed by atoms with van der Waals surface area (Å²) in [5.41, 5.74) is 6.66. The molecular formula is C11H15ClN2O. The van der Waals surface area contributed by atoms with Gasteiger partial charge in [0.25, 0.3) is 0 Å². The second kappa shape index (κ2) is 4.84. The number of halogens is 1. The summed E-state index contributed by atoms with van der Waals surface area (Å²) in [4.78, 5) is 2.23. The molecule has 0 spiro atoms. The fraction of sp³-hybridized carbons (Fsp3) is 0.455. The highest BCUT2D eigenvalue weighted by Gasteiger charge is 2.26. The van der Waals surface area contributed by atoms with Crippen molar-refractivity contribution in [1.82, 2.24) is 0 Å². The molecule has 1 aliphatic rings. The van der Waals surface area contributed by atoms with Crippen molar-refractivity contribution in [3.63, 3.8) is 0 Å². The van der Waals surface area contributed by atoms with Gasteiger partial charge in [-0.1, -0.05) is 23.7 Å². The molecule has 1 aromatic rings. The molecule has 2 rings (SSSR count). The number of benzene rings is 1. The lowest BCUT2D eigenvalue weighted by atomic mass is 10.1. The molecule has 0 saturated carbocycles. The van der Waals surface area contributed by atoms with Crippen molar-refractivity contribution in [1.29, 1.82) is 0 Å². The number of anilines is 1. The van der Waals surface area contributed by atoms with E-state index in [1.54, 1.807) is 0 Å². The lowest BCUT2D eigenvalue weighted by Crippen LogP contribution is -2.51. The molecule has 2 N–H and O–H groups in total. The number of rotatable bonds is 4. The highest BCUT2D eigenvalue weighted by molar-refractivity contribution is 6.33. The molecule has 1 aromatic carbocycles. The summed E-state index contributed by atoms with van der Waals surface area (Å²) >= 11 is 6.16. The van der Waals surface area contributed by atoms with Gasteiger partial charge in [0.15, 0.2) is 0 Å². The number of nitrogens with zero attached hydrogens (tertiary/aromatic N) is 1. The number of hydrogen-bond acceptors (Lipinski definition) is 3. The predicted octanol–water partition coefficient (Wildman–Crippen LogP) is 1.50. The Morgan fingerprint density at radius 3 is 2.67 bits per heavy atom. The van der Waals surface area contributed by atoms with E-state index in [0.717, 1.165) is 30.5 Å². The Morgan fingerprint density at radius 2 is 2.13 bits per heavy atom. The summed E-state index contributed by atoms with van der Waals surface area (Å²) in [6, 6.07) is 8.28. The summed E-state index contributed by atoms with van der Waals surface area (Å²) in [5, 5.41) is 0.776. The Labute approximate surface area is 94.8 Å². The van der Waals surface area contributed by atoms with E-state index in [-0.39, 0.29) is 0 Å². The van der Waals surface area contributed by atoms with Crippen LogP contribution in [0.2, 0.25) is 5.02 Å². The Balaban J connectivity index is 2.19. The average molecular weight is 227 g/mol. The molecule has 1 fully saturated rings. The molecular weight excluding hydrogens is 212 g/mol. The van der Waals surface area contributed by atoms with Crippen LogP contribution in [0.15, 0.2) is 24.3 Å². The normalized spacial score (nSPS) is 16.1. The maximum atomic E-state index is 6.16. The molecule has 3 nitrogen and oxygen atoms in total. The van der Waals surface area contributed by atoms with Crippen LogP contribution >= 0.6 is 11.6 Å². The third-order valence-corrected chi connectivity index (χ3v) is 2.91. The topological polar surface area (TPSA) is 38.5 Å². The smallest absolute Gasteiger partial charge is 0.0758 e. The van der Waals surface area contributed by atoms with Gasteiger partial charge in [0.2, 0.25) is 0 Å². The molecule has 0 aliphatic carbocycles. The molecule has 1 aliphatic heterocycles. The quantitative estimate of drug-likeness (QED) is 0.846. The maximum Gasteiger partial charge on any atom is 0.0758 e. The van der Waals surface area contributed by atoms with Gasteiger partial charge in [-0.2, -0.15) is 0 Å². The number of para-hydroxylation sites is 1. The minimum atomic E-state index is 0.424. The monoisotopic (exact) mass is 226 g/mol. The molecule has 0 aromatic heterocycles. The van der Waals surface area contributed by atoms with Crippen LogP contribution < -0.4 is 10.6 Å². The van der Waals surface area contributed by atoms with Crippen molar-refractivity contribution in [2.24, 2.45) is 5.73 Å². The highest BCUT2D eigenvalue weighted by Crippen LogP contribution is 2.28. The van der Waals surface area contributed by atoms with Crippen LogP contribution in [0.3, 0.4) is 0 Å². The fourth-order valence-electron chi connectivity index (χ4n) is 1.73. The predicted molar refractivity (Wildman–Crippen MR) is 62.5 cm³/mol. The molecule has 0 unspecified atom stereocenters. The first-order valence-corrected chi connectivity index (χ1v) is 5.49. The summed E-state index contributed by atoms with van der Waals surface area (Å²) in [6.45, 7) is 2.98. The average Bonchev–Trinajstić information content (AvgIpc) is 2.15. The van der Waals surface area contributed by atoms with Crippen molar-refractivity contribution < 1.29 is 4.74 Å². The van der Waals surface area contributed by atoms with Gasteiger partial charge in [0.05, 0.1) is 30.0 Å². The lowest BCUT2D eigenvalue weighted by Gasteiger charge is -2.39. The van der Waals surface area contributed by atoms with Gasteiger partial charge in [-0.3, -0.25) is 0 Å². The van der Waals surface area contributed by atoms with E-state index in [0.29, 0.717) is 12.6 Å². The largest absolute Gasteiger partial charge is 0.377 e. The second-order valence-electron chi connectivity index (χ2n) is 3.62. The molecule has 1 heterocycles. The molecule has 0 radical (unpaired) electrons. The Bertz CT molecular complexity index is 328. The van der Waals surface area contributed by atoms with Crippen molar-refractivity contribution in [3.8, 4) is 0 Å². The van der Waals surface area contributed by atoms with E-state index in [2.05, 4.69) is 4.90 Å². The maximum absolute atomic E-state index is 6.16. The van der Waals surface area contributed by atoms with Gasteiger partial charge in [-0.25, -0.2) is 0 Å². The first-order valence-electron chi connectivity index (χ1n) is 5.12. The van der Waals surface area contributed by atoms with Crippen LogP contribution in [-0.4, -0.2) is 32.3 Å². The number of ether oxygens (including phenoxy) is 1. The van der Waals surface area contributed by atoms with Gasteiger partial charge in [-0.05, 0) is 12.1 Å². The standard InChI is InChI=1S/C11H15ClN2O/c12-10-3-1-2-4-11(10)14(6-5-13)9-7-15-8-9/h1-4,9H,5-8,13H2. The van der Waals surface area contributed by atoms with E-state index in [1.165, 1.54) is 0 Å². The molecule has 15 heavy (non-hydrogen) atoms. The first kappa shape index (κ1) is 10.7. The summed E-state index contributed by atoms with van der Waals surface area (Å²) in [6.07, 6.45) is 0. The number of nitrogens with two attached hydrogens (primary N) is 1. The van der Waals surface area contributed by atoms with Crippen LogP contribution in [0.5, 0.6) is 0 Å². The highest BCUT2D eigenvalue weighted by atomic mass is 35.5. The zero-order valence-electron chi connectivity index (χ0n) is 8.53. The molecule has 82 valence electrons. The lowest BCUT2D eigenvalue weighted by molar-refractivity contribution is 0.00832. The first-order chi connectivity index (χ1) is 7.33. The molecule has 0 atom stereocenters. The minimum Gasteiger partial charge on any atom is -0.377 e. The third kappa shape index (κ3) is 2.25. The SMILES string of the molecule is NCCN(c1ccccc1Cl)C1COC1. The van der Waals surface area contributed by atoms with Crippen molar-refractivity contribution in [2.45, 2.75) is 6.04 Å². The summed E-state index contributed by atoms with van der Waals surface area (Å²) in [7, 11) is 0. The van der Waals surface area contributed by atoms with E-state index in [1.807, 2.05) is 24.3 Å². The van der Waals surface area contributed by atoms with E-state index in [9.17, 15) is 0 Å². The van der Waals surface area contributed by atoms with Crippen LogP contribution in [0, 0.1) is 0 Å². The van der Waals surface area contributed by atoms with E-state index < -0.39 is 0 Å². The zero-order chi connectivity index (χ0) is 10.7. The van der Waals surface area contributed by atoms with E-state index in [4.69, 9.17) is 22.1 Å². The van der Waals surface area contributed by atoms with E-state index >= 15 is 0 Å². The molecule has 0 bridgehead atoms. The summed E-state index contributed by atoms with van der Waals surface area (Å²) in [5.74, 6) is 0. The molecule has 0 amide bonds. The Kier molecular flexibility index (Phi) is 3.46. The van der Waals surface area contributed by atoms with Crippen LogP contribution in [0.1, 0.15) is 0 Å². The van der Waals surface area contributed by atoms with Gasteiger partial charge < -0.3 is 15.4 Å². The van der Waals surface area contributed by atoms with Crippen molar-refractivity contribution in [3.05, 3.63) is 29.3 Å². The molecule has 1 saturated heterocycles. The second-order valence-corrected chi connectivity index (χ2v) is 4.03. The van der Waals surface area contributed by atoms with Crippen LogP contribution in [-0.2, 0) is 4.74 Å². The number of hydrogen-bond donors (Lipinski definition) is 1. The minimum absolute atomic E-state index is 0.424. The Morgan fingerprint density at radius 1 is 1.40 bits per heavy atom. The van der Waals surface area contributed by atoms with Crippen molar-refractivity contribution >= 4 is 17.3 Å². The molecule has 4 heteroatoms. The van der Waals surface area contributed by atoms with Gasteiger partial charge in [0, 0.05) is 13.1 Å². The zero-order valence-corrected chi connectivity index (χ0v) is 9.28.